The first-order valence-electron chi connectivity index (χ1n) is 7.23. The number of hydrogen-bond donors (Lipinski definition) is 1. The molecule has 1 aromatic carbocycles. The predicted octanol–water partition coefficient (Wildman–Crippen LogP) is 5.11. The Morgan fingerprint density at radius 2 is 1.95 bits per heavy atom. The number of carbonyl (C=O) groups is 1. The van der Waals surface area contributed by atoms with E-state index in [9.17, 15) is 15.2 Å². The van der Waals surface area contributed by atoms with Crippen LogP contribution in [0.1, 0.15) is 23.0 Å². The van der Waals surface area contributed by atoms with Gasteiger partial charge >= 0.3 is 6.09 Å². The molecule has 0 spiro atoms. The lowest BCUT2D eigenvalue weighted by molar-refractivity contribution is 0.102. The smallest absolute Gasteiger partial charge is 0.409 e. The molecule has 2 unspecified atom stereocenters. The molecular formula is C16H23IN2O2Si. The topological polar surface area (TPSA) is 64.3 Å². The van der Waals surface area contributed by atoms with Crippen molar-refractivity contribution in [2.45, 2.75) is 48.6 Å². The summed E-state index contributed by atoms with van der Waals surface area (Å²) in [5.74, 6) is 0. The Morgan fingerprint density at radius 1 is 1.41 bits per heavy atom. The third-order valence-corrected chi connectivity index (χ3v) is 6.67. The van der Waals surface area contributed by atoms with Gasteiger partial charge in [-0.15, -0.1) is 0 Å². The maximum Gasteiger partial charge on any atom is 0.409 e. The molecule has 120 valence electrons. The highest BCUT2D eigenvalue weighted by Gasteiger charge is 2.40. The number of nitrogens with zero attached hydrogens (tertiary/aromatic N) is 2. The maximum absolute atomic E-state index is 11.8. The van der Waals surface area contributed by atoms with E-state index >= 15 is 0 Å². The summed E-state index contributed by atoms with van der Waals surface area (Å²) in [5, 5.41) is 19.3. The monoisotopic (exact) mass is 430 g/mol. The molecule has 2 atom stereocenters. The first-order chi connectivity index (χ1) is 10.1. The molecule has 0 saturated carbocycles. The van der Waals surface area contributed by atoms with Crippen LogP contribution in [0.15, 0.2) is 30.3 Å². The van der Waals surface area contributed by atoms with Crippen LogP contribution in [0.4, 0.5) is 4.79 Å². The van der Waals surface area contributed by atoms with Crippen LogP contribution in [0.25, 0.3) is 0 Å². The minimum absolute atomic E-state index is 0.386. The third-order valence-electron chi connectivity index (χ3n) is 3.64. The summed E-state index contributed by atoms with van der Waals surface area (Å²) >= 11 is 2.10. The van der Waals surface area contributed by atoms with Crippen LogP contribution < -0.4 is 0 Å². The van der Waals surface area contributed by atoms with Crippen molar-refractivity contribution in [3.63, 3.8) is 0 Å². The van der Waals surface area contributed by atoms with Gasteiger partial charge in [-0.2, -0.15) is 5.26 Å². The SMILES string of the molecule is CC(C#N)(CC[Si](C)(C)C)N(C(=O)O)C(I)c1ccccc1. The predicted molar refractivity (Wildman–Crippen MR) is 99.9 cm³/mol. The molecule has 1 aromatic rings. The number of nitriles is 1. The molecule has 6 heteroatoms. The van der Waals surface area contributed by atoms with E-state index < -0.39 is 19.7 Å². The zero-order chi connectivity index (χ0) is 17.0. The Morgan fingerprint density at radius 3 is 2.36 bits per heavy atom. The first kappa shape index (κ1) is 19.0. The van der Waals surface area contributed by atoms with Gasteiger partial charge in [0.1, 0.15) is 9.59 Å². The summed E-state index contributed by atoms with van der Waals surface area (Å²) in [7, 11) is -1.35. The minimum atomic E-state index is -1.35. The highest BCUT2D eigenvalue weighted by atomic mass is 127. The molecular weight excluding hydrogens is 407 g/mol. The molecule has 1 N–H and O–H groups in total. The Bertz CT molecular complexity index is 554. The molecule has 1 amide bonds. The van der Waals surface area contributed by atoms with E-state index in [1.54, 1.807) is 6.92 Å². The second kappa shape index (κ2) is 7.46. The van der Waals surface area contributed by atoms with E-state index in [1.807, 2.05) is 30.3 Å². The van der Waals surface area contributed by atoms with Gasteiger partial charge in [-0.3, -0.25) is 4.90 Å². The zero-order valence-corrected chi connectivity index (χ0v) is 16.7. The molecule has 4 nitrogen and oxygen atoms in total. The summed E-state index contributed by atoms with van der Waals surface area (Å²) < 4.78 is -0.386. The third kappa shape index (κ3) is 4.99. The summed E-state index contributed by atoms with van der Waals surface area (Å²) in [6, 6.07) is 12.6. The zero-order valence-electron chi connectivity index (χ0n) is 13.5. The van der Waals surface area contributed by atoms with Crippen molar-refractivity contribution in [1.82, 2.24) is 4.90 Å². The van der Waals surface area contributed by atoms with E-state index in [-0.39, 0.29) is 4.05 Å². The average Bonchev–Trinajstić information content (AvgIpc) is 2.45. The van der Waals surface area contributed by atoms with Gasteiger partial charge in [-0.05, 0) is 18.9 Å². The van der Waals surface area contributed by atoms with Crippen LogP contribution in [-0.2, 0) is 0 Å². The molecule has 22 heavy (non-hydrogen) atoms. The van der Waals surface area contributed by atoms with Crippen LogP contribution in [0.2, 0.25) is 25.7 Å². The van der Waals surface area contributed by atoms with E-state index in [4.69, 9.17) is 0 Å². The van der Waals surface area contributed by atoms with Crippen molar-refractivity contribution in [3.8, 4) is 6.07 Å². The number of alkyl halides is 1. The molecule has 0 heterocycles. The highest BCUT2D eigenvalue weighted by Crippen LogP contribution is 2.36. The van der Waals surface area contributed by atoms with Crippen molar-refractivity contribution in [2.24, 2.45) is 0 Å². The quantitative estimate of drug-likeness (QED) is 0.295. The molecule has 0 aliphatic rings. The second-order valence-electron chi connectivity index (χ2n) is 6.85. The van der Waals surface area contributed by atoms with E-state index in [0.717, 1.165) is 11.6 Å². The Kier molecular flexibility index (Phi) is 6.44. The molecule has 0 saturated heterocycles. The molecule has 0 radical (unpaired) electrons. The van der Waals surface area contributed by atoms with Gasteiger partial charge in [0.25, 0.3) is 0 Å². The van der Waals surface area contributed by atoms with Crippen LogP contribution in [0, 0.1) is 11.3 Å². The van der Waals surface area contributed by atoms with Gasteiger partial charge in [0.15, 0.2) is 0 Å². The Balaban J connectivity index is 3.11. The lowest BCUT2D eigenvalue weighted by Gasteiger charge is -2.38. The molecule has 0 fully saturated rings. The first-order valence-corrected chi connectivity index (χ1v) is 12.2. The largest absolute Gasteiger partial charge is 0.465 e. The fourth-order valence-corrected chi connectivity index (χ4v) is 4.67. The maximum atomic E-state index is 11.8. The fourth-order valence-electron chi connectivity index (χ4n) is 2.17. The van der Waals surface area contributed by atoms with Crippen molar-refractivity contribution in [2.75, 3.05) is 0 Å². The van der Waals surface area contributed by atoms with Gasteiger partial charge in [0.2, 0.25) is 0 Å². The van der Waals surface area contributed by atoms with E-state index in [0.29, 0.717) is 6.42 Å². The number of carboxylic acid groups (broad SMARTS) is 1. The van der Waals surface area contributed by atoms with Gasteiger partial charge in [-0.25, -0.2) is 4.79 Å². The van der Waals surface area contributed by atoms with Crippen molar-refractivity contribution in [3.05, 3.63) is 35.9 Å². The lowest BCUT2D eigenvalue weighted by Crippen LogP contribution is -2.49. The Hall–Kier alpha value is -1.07. The van der Waals surface area contributed by atoms with Gasteiger partial charge < -0.3 is 5.11 Å². The number of hydrogen-bond acceptors (Lipinski definition) is 2. The van der Waals surface area contributed by atoms with Crippen LogP contribution >= 0.6 is 22.6 Å². The summed E-state index contributed by atoms with van der Waals surface area (Å²) in [4.78, 5) is 13.1. The standard InChI is InChI=1S/C16H23IN2O2Si/c1-16(12-18,10-11-22(2,3)4)19(15(20)21)14(17)13-8-6-5-7-9-13/h5-9,14H,10-11H2,1-4H3,(H,20,21). The van der Waals surface area contributed by atoms with E-state index in [2.05, 4.69) is 48.3 Å². The number of amides is 1. The Labute approximate surface area is 147 Å². The highest BCUT2D eigenvalue weighted by molar-refractivity contribution is 14.1. The molecule has 0 bridgehead atoms. The number of rotatable bonds is 6. The summed E-state index contributed by atoms with van der Waals surface area (Å²) in [5.41, 5.74) is -0.131. The second-order valence-corrected chi connectivity index (χ2v) is 13.6. The molecule has 0 aliphatic carbocycles. The normalized spacial score (nSPS) is 15.5. The van der Waals surface area contributed by atoms with Gasteiger partial charge in [0, 0.05) is 8.07 Å². The van der Waals surface area contributed by atoms with Gasteiger partial charge in [0.05, 0.1) is 6.07 Å². The average molecular weight is 430 g/mol. The van der Waals surface area contributed by atoms with Crippen LogP contribution in [0.3, 0.4) is 0 Å². The summed E-state index contributed by atoms with van der Waals surface area (Å²) in [6.07, 6.45) is -0.486. The van der Waals surface area contributed by atoms with Crippen LogP contribution in [0.5, 0.6) is 0 Å². The number of halogens is 1. The lowest BCUT2D eigenvalue weighted by atomic mass is 9.98. The van der Waals surface area contributed by atoms with Crippen molar-refractivity contribution in [1.29, 1.82) is 5.26 Å². The van der Waals surface area contributed by atoms with Crippen LogP contribution in [-0.4, -0.2) is 29.7 Å². The van der Waals surface area contributed by atoms with Crippen molar-refractivity contribution >= 4 is 36.8 Å². The van der Waals surface area contributed by atoms with E-state index in [1.165, 1.54) is 4.90 Å². The summed E-state index contributed by atoms with van der Waals surface area (Å²) in [6.45, 7) is 8.42. The molecule has 1 rings (SSSR count). The fraction of sp³-hybridized carbons (Fsp3) is 0.500. The molecule has 0 aromatic heterocycles. The number of benzene rings is 1. The van der Waals surface area contributed by atoms with Crippen molar-refractivity contribution < 1.29 is 9.90 Å². The molecule has 0 aliphatic heterocycles. The minimum Gasteiger partial charge on any atom is -0.465 e. The van der Waals surface area contributed by atoms with Gasteiger partial charge in [-0.1, -0.05) is 78.6 Å².